The van der Waals surface area contributed by atoms with Crippen LogP contribution in [0.1, 0.15) is 40.0 Å². The van der Waals surface area contributed by atoms with E-state index in [4.69, 9.17) is 14.2 Å². The molecule has 3 unspecified atom stereocenters. The molecule has 8 rings (SSSR count). The van der Waals surface area contributed by atoms with Crippen LogP contribution in [0.15, 0.2) is 115 Å². The summed E-state index contributed by atoms with van der Waals surface area (Å²) in [5.74, 6) is 1.74. The zero-order valence-electron chi connectivity index (χ0n) is 26.1. The van der Waals surface area contributed by atoms with Gasteiger partial charge in [-0.15, -0.1) is 0 Å². The fourth-order valence-corrected chi connectivity index (χ4v) is 6.95. The Morgan fingerprint density at radius 1 is 0.723 bits per heavy atom. The van der Waals surface area contributed by atoms with Crippen LogP contribution in [0.5, 0.6) is 23.0 Å². The molecule has 3 aliphatic heterocycles. The van der Waals surface area contributed by atoms with Gasteiger partial charge in [-0.25, -0.2) is 4.79 Å². The Balaban J connectivity index is 1.30. The number of nitrogens with zero attached hydrogens (tertiary/aromatic N) is 2. The third-order valence-electron chi connectivity index (χ3n) is 9.06. The molecule has 0 saturated carbocycles. The third kappa shape index (κ3) is 5.02. The third-order valence-corrected chi connectivity index (χ3v) is 9.06. The summed E-state index contributed by atoms with van der Waals surface area (Å²) in [4.78, 5) is 32.4. The summed E-state index contributed by atoms with van der Waals surface area (Å²) >= 11 is 0. The highest BCUT2D eigenvalue weighted by Crippen LogP contribution is 2.57. The number of nitrogens with one attached hydrogen (secondary N) is 1. The smallest absolute Gasteiger partial charge is 0.407 e. The molecular formula is C39H33N3O5. The van der Waals surface area contributed by atoms with E-state index >= 15 is 4.79 Å². The van der Waals surface area contributed by atoms with Crippen LogP contribution in [0.4, 0.5) is 16.2 Å². The number of carbonyl (C=O) groups excluding carboxylic acids is 2. The standard InChI is InChI=1S/C39H33N3O5/c1-24-16-18-32-27(20-24)36-29(22-40-39(44)45-23-26-10-4-3-5-11-26)38(43)42-31-13-7-9-15-35(31)47-33-19-17-25(2)21-28(33)37(42)41(36)30-12-6-8-14-34(30)46-32/h3-21,29,36-37H,22-23H2,1-2H3,(H,40,44). The highest BCUT2D eigenvalue weighted by molar-refractivity contribution is 6.01. The van der Waals surface area contributed by atoms with E-state index in [1.807, 2.05) is 122 Å². The van der Waals surface area contributed by atoms with E-state index in [0.717, 1.165) is 33.5 Å². The molecule has 1 N–H and O–H groups in total. The monoisotopic (exact) mass is 623 g/mol. The normalized spacial score (nSPS) is 18.8. The van der Waals surface area contributed by atoms with Crippen molar-refractivity contribution in [3.8, 4) is 23.0 Å². The number of benzene rings is 5. The van der Waals surface area contributed by atoms with Crippen molar-refractivity contribution >= 4 is 23.4 Å². The lowest BCUT2D eigenvalue weighted by atomic mass is 9.84. The fourth-order valence-electron chi connectivity index (χ4n) is 6.95. The summed E-state index contributed by atoms with van der Waals surface area (Å²) in [6.45, 7) is 4.23. The van der Waals surface area contributed by atoms with E-state index in [0.29, 0.717) is 28.7 Å². The molecule has 2 amide bonds. The van der Waals surface area contributed by atoms with Gasteiger partial charge in [0.2, 0.25) is 5.91 Å². The minimum absolute atomic E-state index is 0.0378. The minimum Gasteiger partial charge on any atom is -0.455 e. The maximum absolute atomic E-state index is 15.1. The molecule has 5 aromatic carbocycles. The van der Waals surface area contributed by atoms with Crippen LogP contribution in [0.3, 0.4) is 0 Å². The van der Waals surface area contributed by atoms with Gasteiger partial charge in [0, 0.05) is 17.7 Å². The Morgan fingerprint density at radius 2 is 1.32 bits per heavy atom. The molecule has 0 radical (unpaired) electrons. The van der Waals surface area contributed by atoms with Crippen LogP contribution in [-0.4, -0.2) is 18.5 Å². The first-order valence-corrected chi connectivity index (χ1v) is 15.8. The molecule has 8 heteroatoms. The number of aryl methyl sites for hydroxylation is 2. The molecule has 1 saturated heterocycles. The lowest BCUT2D eigenvalue weighted by Crippen LogP contribution is -2.59. The van der Waals surface area contributed by atoms with E-state index in [9.17, 15) is 4.79 Å². The molecule has 234 valence electrons. The number of hydrogen-bond acceptors (Lipinski definition) is 6. The lowest BCUT2D eigenvalue weighted by Gasteiger charge is -2.51. The number of rotatable bonds is 4. The quantitative estimate of drug-likeness (QED) is 0.217. The number of fused-ring (bicyclic) bond motifs is 11. The minimum atomic E-state index is -0.717. The predicted molar refractivity (Wildman–Crippen MR) is 179 cm³/mol. The highest BCUT2D eigenvalue weighted by Gasteiger charge is 2.53. The van der Waals surface area contributed by atoms with Crippen LogP contribution in [0.25, 0.3) is 0 Å². The number of ether oxygens (including phenoxy) is 3. The van der Waals surface area contributed by atoms with Crippen LogP contribution >= 0.6 is 0 Å². The zero-order valence-corrected chi connectivity index (χ0v) is 26.1. The van der Waals surface area contributed by atoms with E-state index in [1.54, 1.807) is 0 Å². The van der Waals surface area contributed by atoms with Gasteiger partial charge < -0.3 is 24.4 Å². The molecule has 3 atom stereocenters. The van der Waals surface area contributed by atoms with Gasteiger partial charge in [0.05, 0.1) is 23.3 Å². The molecule has 0 spiro atoms. The number of alkyl carbamates (subject to hydrolysis) is 1. The second-order valence-electron chi connectivity index (χ2n) is 12.2. The topological polar surface area (TPSA) is 80.3 Å². The first-order valence-electron chi connectivity index (χ1n) is 15.8. The molecule has 5 aromatic rings. The summed E-state index contributed by atoms with van der Waals surface area (Å²) in [5.41, 5.74) is 6.17. The fraction of sp³-hybridized carbons (Fsp3) is 0.179. The van der Waals surface area contributed by atoms with E-state index in [2.05, 4.69) is 22.3 Å². The van der Waals surface area contributed by atoms with Gasteiger partial charge >= 0.3 is 6.09 Å². The molecule has 0 bridgehead atoms. The van der Waals surface area contributed by atoms with Crippen LogP contribution in [0.2, 0.25) is 0 Å². The van der Waals surface area contributed by atoms with Crippen LogP contribution in [-0.2, 0) is 16.1 Å². The van der Waals surface area contributed by atoms with Crippen molar-refractivity contribution in [2.45, 2.75) is 32.7 Å². The average molecular weight is 624 g/mol. The van der Waals surface area contributed by atoms with E-state index in [-0.39, 0.29) is 19.1 Å². The maximum Gasteiger partial charge on any atom is 0.407 e. The van der Waals surface area contributed by atoms with E-state index < -0.39 is 24.2 Å². The number of para-hydroxylation sites is 4. The SMILES string of the molecule is Cc1ccc2c(c1)C1C(CNC(=O)OCc3ccccc3)C(=O)N3c4ccccc4Oc4ccc(C)cc4C3N1c1ccccc1O2. The molecule has 8 nitrogen and oxygen atoms in total. The van der Waals surface area contributed by atoms with E-state index in [1.165, 1.54) is 0 Å². The van der Waals surface area contributed by atoms with Crippen molar-refractivity contribution in [3.05, 3.63) is 143 Å². The van der Waals surface area contributed by atoms with Gasteiger partial charge in [0.15, 0.2) is 11.5 Å². The molecule has 3 aliphatic rings. The number of anilines is 2. The summed E-state index contributed by atoms with van der Waals surface area (Å²) in [5, 5.41) is 2.93. The zero-order chi connectivity index (χ0) is 32.1. The van der Waals surface area contributed by atoms with Crippen molar-refractivity contribution in [2.75, 3.05) is 16.3 Å². The number of hydrogen-bond donors (Lipinski definition) is 1. The maximum atomic E-state index is 15.1. The van der Waals surface area contributed by atoms with Gasteiger partial charge in [0.1, 0.15) is 24.3 Å². The summed E-state index contributed by atoms with van der Waals surface area (Å²) in [6.07, 6.45) is -1.17. The number of amides is 2. The second-order valence-corrected chi connectivity index (χ2v) is 12.2. The molecule has 1 fully saturated rings. The van der Waals surface area contributed by atoms with Crippen molar-refractivity contribution < 1.29 is 23.8 Å². The first-order chi connectivity index (χ1) is 23.0. The highest BCUT2D eigenvalue weighted by atomic mass is 16.5. The predicted octanol–water partition coefficient (Wildman–Crippen LogP) is 8.35. The Labute approximate surface area is 273 Å². The summed E-state index contributed by atoms with van der Waals surface area (Å²) < 4.78 is 18.7. The largest absolute Gasteiger partial charge is 0.455 e. The first kappa shape index (κ1) is 28.7. The molecule has 0 aromatic heterocycles. The Kier molecular flexibility index (Phi) is 7.05. The van der Waals surface area contributed by atoms with Gasteiger partial charge in [-0.3, -0.25) is 9.69 Å². The van der Waals surface area contributed by atoms with Gasteiger partial charge in [-0.1, -0.05) is 83.9 Å². The van der Waals surface area contributed by atoms with Crippen molar-refractivity contribution in [3.63, 3.8) is 0 Å². The molecule has 3 heterocycles. The average Bonchev–Trinajstić information content (AvgIpc) is 3.32. The molecular weight excluding hydrogens is 590 g/mol. The number of carbonyl (C=O) groups is 2. The van der Waals surface area contributed by atoms with Crippen molar-refractivity contribution in [1.82, 2.24) is 5.32 Å². The van der Waals surface area contributed by atoms with Gasteiger partial charge in [0.25, 0.3) is 0 Å². The van der Waals surface area contributed by atoms with Crippen LogP contribution in [0, 0.1) is 19.8 Å². The van der Waals surface area contributed by atoms with Crippen molar-refractivity contribution in [1.29, 1.82) is 0 Å². The van der Waals surface area contributed by atoms with Crippen molar-refractivity contribution in [2.24, 2.45) is 5.92 Å². The summed E-state index contributed by atoms with van der Waals surface area (Å²) in [6, 6.07) is 36.7. The van der Waals surface area contributed by atoms with Gasteiger partial charge in [-0.05, 0) is 61.9 Å². The Hall–Kier alpha value is -5.76. The molecule has 47 heavy (non-hydrogen) atoms. The van der Waals surface area contributed by atoms with Gasteiger partial charge in [-0.2, -0.15) is 0 Å². The summed E-state index contributed by atoms with van der Waals surface area (Å²) in [7, 11) is 0. The lowest BCUT2D eigenvalue weighted by molar-refractivity contribution is -0.125. The van der Waals surface area contributed by atoms with Crippen LogP contribution < -0.4 is 24.6 Å². The second kappa shape index (κ2) is 11.6. The Morgan fingerprint density at radius 3 is 2.04 bits per heavy atom. The Bertz CT molecular complexity index is 2010. The molecule has 0 aliphatic carbocycles.